The molecule has 0 radical (unpaired) electrons. The second kappa shape index (κ2) is 10.2. The Morgan fingerprint density at radius 1 is 1.33 bits per heavy atom. The van der Waals surface area contributed by atoms with Crippen LogP contribution in [0.1, 0.15) is 46.5 Å². The number of amides is 1. The number of piperidine rings is 2. The largest absolute Gasteiger partial charge is 0.368 e. The Labute approximate surface area is 159 Å². The van der Waals surface area contributed by atoms with Crippen molar-refractivity contribution >= 4 is 30.7 Å². The summed E-state index contributed by atoms with van der Waals surface area (Å²) in [5, 5.41) is 6.45. The summed E-state index contributed by atoms with van der Waals surface area (Å²) in [6.45, 7) is 11.4. The van der Waals surface area contributed by atoms with Crippen LogP contribution in [0.15, 0.2) is 0 Å². The fraction of sp³-hybridized carbons (Fsp3) is 0.941. The number of ether oxygens (including phenoxy) is 1. The highest BCUT2D eigenvalue weighted by molar-refractivity contribution is 5.86. The summed E-state index contributed by atoms with van der Waals surface area (Å²) < 4.78 is 5.60. The average molecular weight is 384 g/mol. The molecule has 0 aromatic heterocycles. The monoisotopic (exact) mass is 383 g/mol. The van der Waals surface area contributed by atoms with Crippen LogP contribution in [0.4, 0.5) is 0 Å². The quantitative estimate of drug-likeness (QED) is 0.763. The van der Waals surface area contributed by atoms with Crippen molar-refractivity contribution in [1.82, 2.24) is 15.5 Å². The van der Waals surface area contributed by atoms with Gasteiger partial charge in [-0.15, -0.1) is 24.8 Å². The minimum Gasteiger partial charge on any atom is -0.368 e. The molecule has 7 heteroatoms. The van der Waals surface area contributed by atoms with Crippen molar-refractivity contribution in [1.29, 1.82) is 0 Å². The van der Waals surface area contributed by atoms with Gasteiger partial charge in [0.15, 0.2) is 0 Å². The van der Waals surface area contributed by atoms with Gasteiger partial charge in [-0.2, -0.15) is 0 Å². The Morgan fingerprint density at radius 2 is 1.96 bits per heavy atom. The maximum atomic E-state index is 12.7. The van der Waals surface area contributed by atoms with Crippen molar-refractivity contribution in [2.24, 2.45) is 5.92 Å². The molecule has 2 rings (SSSR count). The highest BCUT2D eigenvalue weighted by Crippen LogP contribution is 2.25. The van der Waals surface area contributed by atoms with Crippen LogP contribution >= 0.6 is 24.8 Å². The van der Waals surface area contributed by atoms with Crippen molar-refractivity contribution in [2.45, 2.75) is 57.6 Å². The smallest absolute Gasteiger partial charge is 0.252 e. The van der Waals surface area contributed by atoms with Crippen molar-refractivity contribution in [3.8, 4) is 0 Å². The van der Waals surface area contributed by atoms with Crippen molar-refractivity contribution in [2.75, 3.05) is 39.8 Å². The van der Waals surface area contributed by atoms with E-state index in [1.165, 1.54) is 12.8 Å². The van der Waals surface area contributed by atoms with E-state index >= 15 is 0 Å². The first-order chi connectivity index (χ1) is 10.4. The number of nitrogens with one attached hydrogen (secondary N) is 2. The van der Waals surface area contributed by atoms with Gasteiger partial charge in [0.25, 0.3) is 5.91 Å². The van der Waals surface area contributed by atoms with Gasteiger partial charge in [0.1, 0.15) is 5.60 Å². The van der Waals surface area contributed by atoms with Crippen molar-refractivity contribution < 1.29 is 9.53 Å². The number of likely N-dealkylation sites (tertiary alicyclic amines) is 1. The van der Waals surface area contributed by atoms with E-state index in [4.69, 9.17) is 4.74 Å². The van der Waals surface area contributed by atoms with E-state index in [0.29, 0.717) is 6.54 Å². The lowest BCUT2D eigenvalue weighted by Gasteiger charge is -2.44. The van der Waals surface area contributed by atoms with E-state index in [1.54, 1.807) is 7.11 Å². The van der Waals surface area contributed by atoms with E-state index in [-0.39, 0.29) is 36.3 Å². The third-order valence-electron chi connectivity index (χ3n) is 5.41. The van der Waals surface area contributed by atoms with Gasteiger partial charge in [0.05, 0.1) is 0 Å². The van der Waals surface area contributed by atoms with Crippen LogP contribution in [0, 0.1) is 5.92 Å². The fourth-order valence-corrected chi connectivity index (χ4v) is 3.66. The van der Waals surface area contributed by atoms with Crippen LogP contribution < -0.4 is 10.6 Å². The maximum absolute atomic E-state index is 12.7. The number of carbonyl (C=O) groups excluding carboxylic acids is 1. The molecule has 5 nitrogen and oxygen atoms in total. The van der Waals surface area contributed by atoms with Crippen LogP contribution in [0.2, 0.25) is 0 Å². The van der Waals surface area contributed by atoms with Gasteiger partial charge in [-0.05, 0) is 65.1 Å². The molecule has 0 bridgehead atoms. The molecule has 1 amide bonds. The predicted octanol–water partition coefficient (Wildman–Crippen LogP) is 2.23. The molecule has 2 fully saturated rings. The van der Waals surface area contributed by atoms with E-state index in [9.17, 15) is 4.79 Å². The Hall–Kier alpha value is -0.0700. The van der Waals surface area contributed by atoms with Crippen molar-refractivity contribution in [3.05, 3.63) is 0 Å². The van der Waals surface area contributed by atoms with Gasteiger partial charge in [0, 0.05) is 25.7 Å². The van der Waals surface area contributed by atoms with Crippen LogP contribution in [0.5, 0.6) is 0 Å². The van der Waals surface area contributed by atoms with Gasteiger partial charge in [-0.3, -0.25) is 9.69 Å². The molecule has 1 atom stereocenters. The molecule has 2 aliphatic rings. The standard InChI is InChI=1S/C17H33N3O2.2ClH/c1-14-6-5-11-20(12-14)16(2,3)13-19-15(21)17(22-4)7-9-18-10-8-17;;/h14,18H,5-13H2,1-4H3,(H,19,21);2*1H. The predicted molar refractivity (Wildman–Crippen MR) is 103 cm³/mol. The Balaban J connectivity index is 0.00000264. The fourth-order valence-electron chi connectivity index (χ4n) is 3.66. The SMILES string of the molecule is COC1(C(=O)NCC(C)(C)N2CCCC(C)C2)CCNCC1.Cl.Cl. The third-order valence-corrected chi connectivity index (χ3v) is 5.41. The summed E-state index contributed by atoms with van der Waals surface area (Å²) >= 11 is 0. The van der Waals surface area contributed by atoms with Crippen LogP contribution in [-0.4, -0.2) is 61.8 Å². The molecule has 2 aliphatic heterocycles. The lowest BCUT2D eigenvalue weighted by Crippen LogP contribution is -2.59. The Morgan fingerprint density at radius 3 is 2.50 bits per heavy atom. The lowest BCUT2D eigenvalue weighted by molar-refractivity contribution is -0.147. The topological polar surface area (TPSA) is 53.6 Å². The molecule has 24 heavy (non-hydrogen) atoms. The molecule has 2 heterocycles. The summed E-state index contributed by atoms with van der Waals surface area (Å²) in [5.74, 6) is 0.799. The number of methoxy groups -OCH3 is 1. The average Bonchev–Trinajstić information content (AvgIpc) is 2.53. The molecule has 2 saturated heterocycles. The molecule has 0 aliphatic carbocycles. The number of nitrogens with zero attached hydrogens (tertiary/aromatic N) is 1. The zero-order chi connectivity index (χ0) is 16.2. The maximum Gasteiger partial charge on any atom is 0.252 e. The lowest BCUT2D eigenvalue weighted by atomic mass is 9.90. The van der Waals surface area contributed by atoms with Crippen molar-refractivity contribution in [3.63, 3.8) is 0 Å². The van der Waals surface area contributed by atoms with E-state index in [0.717, 1.165) is 44.9 Å². The molecule has 144 valence electrons. The first-order valence-electron chi connectivity index (χ1n) is 8.69. The first kappa shape index (κ1) is 23.9. The summed E-state index contributed by atoms with van der Waals surface area (Å²) in [5.41, 5.74) is -0.650. The normalized spacial score (nSPS) is 24.4. The first-order valence-corrected chi connectivity index (χ1v) is 8.69. The Bertz CT molecular complexity index is 388. The zero-order valence-electron chi connectivity index (χ0n) is 15.5. The molecular formula is C17H35Cl2N3O2. The second-order valence-electron chi connectivity index (χ2n) is 7.64. The zero-order valence-corrected chi connectivity index (χ0v) is 17.2. The second-order valence-corrected chi connectivity index (χ2v) is 7.64. The molecule has 0 saturated carbocycles. The minimum atomic E-state index is -0.642. The highest BCUT2D eigenvalue weighted by atomic mass is 35.5. The van der Waals surface area contributed by atoms with Gasteiger partial charge in [0.2, 0.25) is 0 Å². The molecule has 1 unspecified atom stereocenters. The van der Waals surface area contributed by atoms with Crippen LogP contribution in [-0.2, 0) is 9.53 Å². The van der Waals surface area contributed by atoms with Crippen LogP contribution in [0.3, 0.4) is 0 Å². The highest BCUT2D eigenvalue weighted by Gasteiger charge is 2.40. The number of halogens is 2. The Kier molecular flexibility index (Phi) is 10.1. The molecule has 0 aromatic rings. The molecule has 0 spiro atoms. The molecule has 0 aromatic carbocycles. The van der Waals surface area contributed by atoms with Gasteiger partial charge >= 0.3 is 0 Å². The van der Waals surface area contributed by atoms with E-state index < -0.39 is 5.60 Å². The number of hydrogen-bond donors (Lipinski definition) is 2. The minimum absolute atomic E-state index is 0. The van der Waals surface area contributed by atoms with E-state index in [1.807, 2.05) is 0 Å². The number of carbonyl (C=O) groups is 1. The van der Waals surface area contributed by atoms with Gasteiger partial charge in [-0.25, -0.2) is 0 Å². The summed E-state index contributed by atoms with van der Waals surface area (Å²) in [6, 6.07) is 0. The van der Waals surface area contributed by atoms with Crippen LogP contribution in [0.25, 0.3) is 0 Å². The number of hydrogen-bond acceptors (Lipinski definition) is 4. The third kappa shape index (κ3) is 5.73. The summed E-state index contributed by atoms with van der Waals surface area (Å²) in [4.78, 5) is 15.2. The molecule has 2 N–H and O–H groups in total. The van der Waals surface area contributed by atoms with Gasteiger partial charge < -0.3 is 15.4 Å². The van der Waals surface area contributed by atoms with Gasteiger partial charge in [-0.1, -0.05) is 6.92 Å². The van der Waals surface area contributed by atoms with E-state index in [2.05, 4.69) is 36.3 Å². The summed E-state index contributed by atoms with van der Waals surface area (Å²) in [7, 11) is 1.66. The number of rotatable bonds is 5. The molecular weight excluding hydrogens is 349 g/mol. The summed E-state index contributed by atoms with van der Waals surface area (Å²) in [6.07, 6.45) is 4.07.